The molecule has 5 nitrogen and oxygen atoms in total. The minimum Gasteiger partial charge on any atom is -0.462 e. The van der Waals surface area contributed by atoms with E-state index in [2.05, 4.69) is 26.1 Å². The molecule has 1 aliphatic rings. The van der Waals surface area contributed by atoms with Gasteiger partial charge in [0.1, 0.15) is 0 Å². The first-order chi connectivity index (χ1) is 17.4. The van der Waals surface area contributed by atoms with Crippen LogP contribution < -0.4 is 5.32 Å². The van der Waals surface area contributed by atoms with Gasteiger partial charge in [-0.25, -0.2) is 4.79 Å². The number of benzene rings is 1. The van der Waals surface area contributed by atoms with E-state index in [4.69, 9.17) is 4.74 Å². The second-order valence-electron chi connectivity index (χ2n) is 9.63. The molecule has 1 aromatic carbocycles. The lowest BCUT2D eigenvalue weighted by Gasteiger charge is -2.26. The van der Waals surface area contributed by atoms with Crippen LogP contribution in [0.25, 0.3) is 10.4 Å². The van der Waals surface area contributed by atoms with E-state index < -0.39 is 0 Å². The summed E-state index contributed by atoms with van der Waals surface area (Å²) < 4.78 is 4.94. The Morgan fingerprint density at radius 3 is 2.36 bits per heavy atom. The van der Waals surface area contributed by atoms with Crippen LogP contribution in [0.15, 0.2) is 41.8 Å². The highest BCUT2D eigenvalue weighted by Gasteiger charge is 2.14. The molecule has 0 spiro atoms. The Morgan fingerprint density at radius 1 is 1.14 bits per heavy atom. The maximum absolute atomic E-state index is 11.5. The first-order valence-corrected chi connectivity index (χ1v) is 14.5. The molecular weight excluding hydrogens is 468 g/mol. The normalized spacial score (nSPS) is 13.8. The summed E-state index contributed by atoms with van der Waals surface area (Å²) in [5, 5.41) is 5.19. The van der Waals surface area contributed by atoms with Gasteiger partial charge in [0.25, 0.3) is 0 Å². The van der Waals surface area contributed by atoms with E-state index in [1.807, 2.05) is 60.6 Å². The molecule has 0 radical (unpaired) electrons. The second kappa shape index (κ2) is 19.9. The van der Waals surface area contributed by atoms with E-state index in [9.17, 15) is 9.59 Å². The van der Waals surface area contributed by atoms with Crippen molar-refractivity contribution in [1.82, 2.24) is 10.2 Å². The number of rotatable bonds is 9. The van der Waals surface area contributed by atoms with Crippen molar-refractivity contribution in [3.63, 3.8) is 0 Å². The summed E-state index contributed by atoms with van der Waals surface area (Å²) >= 11 is 1.56. The van der Waals surface area contributed by atoms with E-state index >= 15 is 0 Å². The van der Waals surface area contributed by atoms with Crippen LogP contribution in [0.2, 0.25) is 0 Å². The third kappa shape index (κ3) is 13.8. The van der Waals surface area contributed by atoms with Crippen LogP contribution in [-0.4, -0.2) is 50.1 Å². The van der Waals surface area contributed by atoms with Crippen LogP contribution in [0.4, 0.5) is 0 Å². The standard InChI is InChI=1S/C13H12O2S.C9H18N2O.C8H18/c1-2-15-13(14)11-8-12(16-9-11)10-6-4-3-5-7-10;1-11(8-12)9-4-2-6-10-7-3-5-9;1-4-5-6-7-8(2)3/h3-9H,2H2,1H3;8-10H,2-7H2,1H3;8H,4-7H2,1-3H3. The number of esters is 1. The molecule has 1 fully saturated rings. The van der Waals surface area contributed by atoms with Gasteiger partial charge in [0.05, 0.1) is 12.2 Å². The molecule has 1 aromatic heterocycles. The Kier molecular flexibility index (Phi) is 17.6. The Balaban J connectivity index is 0.000000288. The number of unbranched alkanes of at least 4 members (excludes halogenated alkanes) is 2. The zero-order chi connectivity index (χ0) is 26.6. The summed E-state index contributed by atoms with van der Waals surface area (Å²) in [6.07, 6.45) is 11.2. The van der Waals surface area contributed by atoms with E-state index in [1.165, 1.54) is 38.5 Å². The quantitative estimate of drug-likeness (QED) is 0.214. The van der Waals surface area contributed by atoms with Gasteiger partial charge in [-0.15, -0.1) is 11.3 Å². The third-order valence-corrected chi connectivity index (χ3v) is 7.06. The molecule has 1 saturated heterocycles. The molecular formula is C30H48N2O3S. The van der Waals surface area contributed by atoms with E-state index in [-0.39, 0.29) is 5.97 Å². The fourth-order valence-electron chi connectivity index (χ4n) is 3.90. The molecule has 1 aliphatic heterocycles. The molecule has 3 rings (SSSR count). The van der Waals surface area contributed by atoms with Gasteiger partial charge in [-0.3, -0.25) is 4.79 Å². The zero-order valence-corrected chi connectivity index (χ0v) is 23.9. The van der Waals surface area contributed by atoms with Crippen molar-refractivity contribution in [2.75, 3.05) is 26.7 Å². The number of ether oxygens (including phenoxy) is 1. The maximum Gasteiger partial charge on any atom is 0.338 e. The van der Waals surface area contributed by atoms with Crippen LogP contribution in [0.3, 0.4) is 0 Å². The smallest absolute Gasteiger partial charge is 0.338 e. The van der Waals surface area contributed by atoms with Gasteiger partial charge in [-0.2, -0.15) is 0 Å². The van der Waals surface area contributed by atoms with Crippen LogP contribution in [0, 0.1) is 5.92 Å². The largest absolute Gasteiger partial charge is 0.462 e. The van der Waals surface area contributed by atoms with Crippen molar-refractivity contribution in [3.05, 3.63) is 47.3 Å². The number of carbonyl (C=O) groups is 2. The molecule has 0 unspecified atom stereocenters. The molecule has 6 heteroatoms. The number of hydrogen-bond acceptors (Lipinski definition) is 5. The molecule has 202 valence electrons. The molecule has 1 amide bonds. The minimum atomic E-state index is -0.249. The molecule has 0 bridgehead atoms. The van der Waals surface area contributed by atoms with Gasteiger partial charge in [0.2, 0.25) is 6.41 Å². The molecule has 36 heavy (non-hydrogen) atoms. The van der Waals surface area contributed by atoms with Gasteiger partial charge in [-0.1, -0.05) is 76.8 Å². The predicted octanol–water partition coefficient (Wildman–Crippen LogP) is 7.42. The summed E-state index contributed by atoms with van der Waals surface area (Å²) in [6, 6.07) is 12.4. The van der Waals surface area contributed by atoms with Crippen LogP contribution >= 0.6 is 11.3 Å². The van der Waals surface area contributed by atoms with Crippen molar-refractivity contribution in [2.45, 2.75) is 85.1 Å². The number of nitrogens with zero attached hydrogens (tertiary/aromatic N) is 1. The molecule has 0 atom stereocenters. The van der Waals surface area contributed by atoms with Gasteiger partial charge in [0, 0.05) is 23.3 Å². The fourth-order valence-corrected chi connectivity index (χ4v) is 4.79. The molecule has 1 N–H and O–H groups in total. The first-order valence-electron chi connectivity index (χ1n) is 13.6. The summed E-state index contributed by atoms with van der Waals surface area (Å²) in [6.45, 7) is 11.2. The van der Waals surface area contributed by atoms with Crippen LogP contribution in [0.5, 0.6) is 0 Å². The van der Waals surface area contributed by atoms with Crippen molar-refractivity contribution < 1.29 is 14.3 Å². The monoisotopic (exact) mass is 516 g/mol. The number of thiophene rings is 1. The summed E-state index contributed by atoms with van der Waals surface area (Å²) in [5.41, 5.74) is 1.76. The van der Waals surface area contributed by atoms with Crippen LogP contribution in [0.1, 0.15) is 89.4 Å². The van der Waals surface area contributed by atoms with Gasteiger partial charge < -0.3 is 15.0 Å². The average molecular weight is 517 g/mol. The van der Waals surface area contributed by atoms with Crippen molar-refractivity contribution in [2.24, 2.45) is 5.92 Å². The number of hydrogen-bond donors (Lipinski definition) is 1. The fraction of sp³-hybridized carbons (Fsp3) is 0.600. The third-order valence-electron chi connectivity index (χ3n) is 6.08. The second-order valence-corrected chi connectivity index (χ2v) is 10.5. The van der Waals surface area contributed by atoms with Crippen molar-refractivity contribution >= 4 is 23.7 Å². The Morgan fingerprint density at radius 2 is 1.81 bits per heavy atom. The highest BCUT2D eigenvalue weighted by molar-refractivity contribution is 7.13. The van der Waals surface area contributed by atoms with Crippen molar-refractivity contribution in [1.29, 1.82) is 0 Å². The number of carbonyl (C=O) groups excluding carboxylic acids is 2. The Bertz CT molecular complexity index is 815. The molecule has 2 heterocycles. The lowest BCUT2D eigenvalue weighted by molar-refractivity contribution is -0.119. The predicted molar refractivity (Wildman–Crippen MR) is 154 cm³/mol. The maximum atomic E-state index is 11.5. The lowest BCUT2D eigenvalue weighted by atomic mass is 10.0. The summed E-state index contributed by atoms with van der Waals surface area (Å²) in [5.74, 6) is 0.655. The minimum absolute atomic E-state index is 0.249. The number of amides is 1. The Hall–Kier alpha value is -2.18. The zero-order valence-electron chi connectivity index (χ0n) is 23.1. The highest BCUT2D eigenvalue weighted by atomic mass is 32.1. The Labute approximate surface area is 223 Å². The highest BCUT2D eigenvalue weighted by Crippen LogP contribution is 2.27. The van der Waals surface area contributed by atoms with Crippen LogP contribution in [-0.2, 0) is 9.53 Å². The molecule has 0 aliphatic carbocycles. The molecule has 2 aromatic rings. The topological polar surface area (TPSA) is 58.6 Å². The van der Waals surface area contributed by atoms with Crippen molar-refractivity contribution in [3.8, 4) is 10.4 Å². The lowest BCUT2D eigenvalue weighted by Crippen LogP contribution is -2.34. The summed E-state index contributed by atoms with van der Waals surface area (Å²) in [7, 11) is 1.88. The summed E-state index contributed by atoms with van der Waals surface area (Å²) in [4.78, 5) is 24.9. The van der Waals surface area contributed by atoms with Gasteiger partial charge >= 0.3 is 5.97 Å². The first kappa shape index (κ1) is 31.8. The van der Waals surface area contributed by atoms with Gasteiger partial charge in [0.15, 0.2) is 0 Å². The molecule has 0 saturated carbocycles. The van der Waals surface area contributed by atoms with E-state index in [1.54, 1.807) is 11.3 Å². The van der Waals surface area contributed by atoms with E-state index in [0.29, 0.717) is 18.2 Å². The van der Waals surface area contributed by atoms with E-state index in [0.717, 1.165) is 48.7 Å². The average Bonchev–Trinajstić information content (AvgIpc) is 3.36. The van der Waals surface area contributed by atoms with Gasteiger partial charge in [-0.05, 0) is 63.2 Å². The SMILES string of the molecule is CCCCCC(C)C.CCOC(=O)c1csc(-c2ccccc2)c1.CN(C=O)C1CCCNCCC1. The number of nitrogens with one attached hydrogen (secondary N) is 1.